The molecule has 3 rings (SSSR count). The fourth-order valence-electron chi connectivity index (χ4n) is 3.50. The molecule has 24 heavy (non-hydrogen) atoms. The number of benzene rings is 1. The van der Waals surface area contributed by atoms with E-state index in [0.29, 0.717) is 6.42 Å². The van der Waals surface area contributed by atoms with E-state index in [4.69, 9.17) is 0 Å². The standard InChI is InChI=1S/C19H25N3O2/c1-15(23)22-11-8-16-6-3-4-7-17(16)18(22)14-19(24)21-10-5-9-20(2)12-13-21/h3-4,6-8,11,18H,5,9-10,12-14H2,1-2H3. The summed E-state index contributed by atoms with van der Waals surface area (Å²) in [5, 5.41) is 0. The molecule has 1 atom stereocenters. The molecule has 5 heteroatoms. The van der Waals surface area contributed by atoms with E-state index in [2.05, 4.69) is 11.9 Å². The number of hydrogen-bond donors (Lipinski definition) is 0. The third kappa shape index (κ3) is 3.51. The van der Waals surface area contributed by atoms with Crippen molar-refractivity contribution in [2.75, 3.05) is 33.2 Å². The molecular weight excluding hydrogens is 302 g/mol. The minimum Gasteiger partial charge on any atom is -0.341 e. The summed E-state index contributed by atoms with van der Waals surface area (Å²) in [6, 6.07) is 7.78. The van der Waals surface area contributed by atoms with Gasteiger partial charge in [-0.2, -0.15) is 0 Å². The highest BCUT2D eigenvalue weighted by atomic mass is 16.2. The summed E-state index contributed by atoms with van der Waals surface area (Å²) in [4.78, 5) is 30.8. The lowest BCUT2D eigenvalue weighted by Crippen LogP contribution is -2.39. The molecule has 2 aliphatic rings. The fraction of sp³-hybridized carbons (Fsp3) is 0.474. The molecule has 2 aliphatic heterocycles. The number of likely N-dealkylation sites (N-methyl/N-ethyl adjacent to an activating group) is 1. The molecule has 0 spiro atoms. The van der Waals surface area contributed by atoms with Crippen LogP contribution in [0.4, 0.5) is 0 Å². The van der Waals surface area contributed by atoms with Crippen LogP contribution >= 0.6 is 0 Å². The number of rotatable bonds is 2. The van der Waals surface area contributed by atoms with Crippen molar-refractivity contribution in [1.29, 1.82) is 0 Å². The lowest BCUT2D eigenvalue weighted by molar-refractivity contribution is -0.134. The maximum Gasteiger partial charge on any atom is 0.225 e. The Morgan fingerprint density at radius 3 is 2.71 bits per heavy atom. The monoisotopic (exact) mass is 327 g/mol. The normalized spacial score (nSPS) is 21.3. The first-order valence-corrected chi connectivity index (χ1v) is 8.58. The van der Waals surface area contributed by atoms with Crippen LogP contribution < -0.4 is 0 Å². The molecule has 1 saturated heterocycles. The Morgan fingerprint density at radius 2 is 1.92 bits per heavy atom. The lowest BCUT2D eigenvalue weighted by atomic mass is 9.93. The summed E-state index contributed by atoms with van der Waals surface area (Å²) in [7, 11) is 2.09. The first-order valence-electron chi connectivity index (χ1n) is 8.58. The number of nitrogens with zero attached hydrogens (tertiary/aromatic N) is 3. The summed E-state index contributed by atoms with van der Waals surface area (Å²) >= 11 is 0. The van der Waals surface area contributed by atoms with Gasteiger partial charge >= 0.3 is 0 Å². The molecule has 5 nitrogen and oxygen atoms in total. The van der Waals surface area contributed by atoms with Gasteiger partial charge in [-0.3, -0.25) is 9.59 Å². The van der Waals surface area contributed by atoms with Crippen molar-refractivity contribution in [2.45, 2.75) is 25.8 Å². The minimum absolute atomic E-state index is 0.0332. The second kappa shape index (κ2) is 7.18. The van der Waals surface area contributed by atoms with Crippen LogP contribution in [0, 0.1) is 0 Å². The maximum absolute atomic E-state index is 12.8. The van der Waals surface area contributed by atoms with Crippen LogP contribution in [-0.2, 0) is 9.59 Å². The number of amides is 2. The van der Waals surface area contributed by atoms with Crippen LogP contribution in [0.1, 0.15) is 36.9 Å². The first kappa shape index (κ1) is 16.7. The average molecular weight is 327 g/mol. The van der Waals surface area contributed by atoms with Crippen molar-refractivity contribution >= 4 is 17.9 Å². The van der Waals surface area contributed by atoms with Crippen molar-refractivity contribution in [1.82, 2.24) is 14.7 Å². The van der Waals surface area contributed by atoms with Gasteiger partial charge in [-0.05, 0) is 37.2 Å². The highest BCUT2D eigenvalue weighted by Gasteiger charge is 2.30. The third-order valence-electron chi connectivity index (χ3n) is 4.91. The highest BCUT2D eigenvalue weighted by Crippen LogP contribution is 2.33. The topological polar surface area (TPSA) is 43.9 Å². The van der Waals surface area contributed by atoms with E-state index in [9.17, 15) is 9.59 Å². The third-order valence-corrected chi connectivity index (χ3v) is 4.91. The van der Waals surface area contributed by atoms with Gasteiger partial charge in [-0.25, -0.2) is 0 Å². The number of hydrogen-bond acceptors (Lipinski definition) is 3. The average Bonchev–Trinajstić information content (AvgIpc) is 2.79. The molecule has 1 fully saturated rings. The fourth-order valence-corrected chi connectivity index (χ4v) is 3.50. The van der Waals surface area contributed by atoms with Crippen LogP contribution in [0.15, 0.2) is 30.5 Å². The smallest absolute Gasteiger partial charge is 0.225 e. The van der Waals surface area contributed by atoms with E-state index in [1.165, 1.54) is 0 Å². The molecule has 1 aromatic carbocycles. The summed E-state index contributed by atoms with van der Waals surface area (Å²) in [5.41, 5.74) is 2.14. The predicted octanol–water partition coefficient (Wildman–Crippen LogP) is 2.11. The maximum atomic E-state index is 12.8. The van der Waals surface area contributed by atoms with Crippen molar-refractivity contribution in [3.8, 4) is 0 Å². The molecular formula is C19H25N3O2. The number of carbonyl (C=O) groups excluding carboxylic acids is 2. The van der Waals surface area contributed by atoms with Crippen molar-refractivity contribution in [3.05, 3.63) is 41.6 Å². The van der Waals surface area contributed by atoms with E-state index < -0.39 is 0 Å². The Bertz CT molecular complexity index is 656. The summed E-state index contributed by atoms with van der Waals surface area (Å²) < 4.78 is 0. The molecule has 0 N–H and O–H groups in total. The number of carbonyl (C=O) groups is 2. The van der Waals surface area contributed by atoms with Crippen LogP contribution in [0.25, 0.3) is 6.08 Å². The van der Waals surface area contributed by atoms with Crippen LogP contribution in [-0.4, -0.2) is 59.7 Å². The van der Waals surface area contributed by atoms with Gasteiger partial charge in [0.25, 0.3) is 0 Å². The molecule has 0 aliphatic carbocycles. The summed E-state index contributed by atoms with van der Waals surface area (Å²) in [6.07, 6.45) is 5.09. The quantitative estimate of drug-likeness (QED) is 0.836. The van der Waals surface area contributed by atoms with Crippen LogP contribution in [0.5, 0.6) is 0 Å². The second-order valence-corrected chi connectivity index (χ2v) is 6.63. The van der Waals surface area contributed by atoms with Crippen molar-refractivity contribution in [3.63, 3.8) is 0 Å². The zero-order valence-electron chi connectivity index (χ0n) is 14.4. The van der Waals surface area contributed by atoms with Crippen molar-refractivity contribution < 1.29 is 9.59 Å². The number of fused-ring (bicyclic) bond motifs is 1. The zero-order valence-corrected chi connectivity index (χ0v) is 14.4. The molecule has 2 amide bonds. The molecule has 1 aromatic rings. The molecule has 0 radical (unpaired) electrons. The Balaban J connectivity index is 1.79. The zero-order chi connectivity index (χ0) is 17.1. The Morgan fingerprint density at radius 1 is 1.12 bits per heavy atom. The van der Waals surface area contributed by atoms with E-state index in [0.717, 1.165) is 43.7 Å². The molecule has 0 saturated carbocycles. The van der Waals surface area contributed by atoms with Gasteiger partial charge in [-0.1, -0.05) is 24.3 Å². The van der Waals surface area contributed by atoms with E-state index in [1.54, 1.807) is 18.0 Å². The van der Waals surface area contributed by atoms with Gasteiger partial charge in [0.15, 0.2) is 0 Å². The first-order chi connectivity index (χ1) is 11.6. The molecule has 2 heterocycles. The summed E-state index contributed by atoms with van der Waals surface area (Å²) in [6.45, 7) is 5.05. The van der Waals surface area contributed by atoms with Crippen LogP contribution in [0.3, 0.4) is 0 Å². The van der Waals surface area contributed by atoms with Gasteiger partial charge < -0.3 is 14.7 Å². The van der Waals surface area contributed by atoms with E-state index in [-0.39, 0.29) is 17.9 Å². The largest absolute Gasteiger partial charge is 0.341 e. The lowest BCUT2D eigenvalue weighted by Gasteiger charge is -2.33. The van der Waals surface area contributed by atoms with E-state index in [1.807, 2.05) is 35.2 Å². The predicted molar refractivity (Wildman–Crippen MR) is 94.0 cm³/mol. The van der Waals surface area contributed by atoms with Gasteiger partial charge in [0.2, 0.25) is 11.8 Å². The van der Waals surface area contributed by atoms with Crippen LogP contribution in [0.2, 0.25) is 0 Å². The van der Waals surface area contributed by atoms with Gasteiger partial charge in [0.05, 0.1) is 12.5 Å². The molecule has 1 unspecified atom stereocenters. The molecule has 0 bridgehead atoms. The summed E-state index contributed by atoms with van der Waals surface area (Å²) in [5.74, 6) is 0.0980. The van der Waals surface area contributed by atoms with Gasteiger partial charge in [-0.15, -0.1) is 0 Å². The van der Waals surface area contributed by atoms with Crippen molar-refractivity contribution in [2.24, 2.45) is 0 Å². The van der Waals surface area contributed by atoms with E-state index >= 15 is 0 Å². The minimum atomic E-state index is -0.211. The SMILES string of the molecule is CC(=O)N1C=Cc2ccccc2C1CC(=O)N1CCCN(C)CC1. The second-order valence-electron chi connectivity index (χ2n) is 6.63. The molecule has 128 valence electrons. The van der Waals surface area contributed by atoms with Gasteiger partial charge in [0.1, 0.15) is 0 Å². The molecule has 0 aromatic heterocycles. The Hall–Kier alpha value is -2.14. The Labute approximate surface area is 143 Å². The highest BCUT2D eigenvalue weighted by molar-refractivity contribution is 5.82. The Kier molecular flexibility index (Phi) is 5.00. The van der Waals surface area contributed by atoms with Gasteiger partial charge in [0, 0.05) is 32.8 Å².